The smallest absolute Gasteiger partial charge is 0.126 e. The molecule has 2 aliphatic heterocycles. The first-order valence-electron chi connectivity index (χ1n) is 12.0. The molecular weight excluding hydrogens is 426 g/mol. The molecule has 2 atom stereocenters. The molecular formula is C29H31NO4. The zero-order valence-corrected chi connectivity index (χ0v) is 19.8. The van der Waals surface area contributed by atoms with Gasteiger partial charge in [0.15, 0.2) is 0 Å². The molecule has 0 spiro atoms. The summed E-state index contributed by atoms with van der Waals surface area (Å²) < 4.78 is 18.0. The van der Waals surface area contributed by atoms with Gasteiger partial charge in [0.25, 0.3) is 0 Å². The van der Waals surface area contributed by atoms with Crippen molar-refractivity contribution in [3.05, 3.63) is 76.9 Å². The molecule has 1 N–H and O–H groups in total. The quantitative estimate of drug-likeness (QED) is 0.462. The van der Waals surface area contributed by atoms with Gasteiger partial charge in [-0.3, -0.25) is 0 Å². The summed E-state index contributed by atoms with van der Waals surface area (Å²) in [4.78, 5) is 10.9. The van der Waals surface area contributed by atoms with Crippen LogP contribution in [-0.2, 0) is 11.4 Å². The second kappa shape index (κ2) is 9.90. The number of aryl methyl sites for hydroxylation is 2. The summed E-state index contributed by atoms with van der Waals surface area (Å²) in [5.74, 6) is 2.68. The molecule has 176 valence electrons. The lowest BCUT2D eigenvalue weighted by Crippen LogP contribution is -2.19. The van der Waals surface area contributed by atoms with Crippen LogP contribution in [0.3, 0.4) is 0 Å². The number of rotatable bonds is 8. The average Bonchev–Trinajstić information content (AvgIpc) is 3.48. The second-order valence-electron chi connectivity index (χ2n) is 9.26. The van der Waals surface area contributed by atoms with Gasteiger partial charge in [-0.05, 0) is 78.9 Å². The van der Waals surface area contributed by atoms with E-state index in [1.807, 2.05) is 18.2 Å². The van der Waals surface area contributed by atoms with Crippen molar-refractivity contribution < 1.29 is 19.0 Å². The third kappa shape index (κ3) is 4.80. The minimum absolute atomic E-state index is 0.149. The Labute approximate surface area is 201 Å². The maximum atomic E-state index is 10.9. The van der Waals surface area contributed by atoms with Gasteiger partial charge in [-0.15, -0.1) is 0 Å². The van der Waals surface area contributed by atoms with Crippen LogP contribution in [0.5, 0.6) is 17.2 Å². The minimum Gasteiger partial charge on any atom is -0.492 e. The third-order valence-corrected chi connectivity index (χ3v) is 6.69. The number of hydrogen-bond donors (Lipinski definition) is 1. The van der Waals surface area contributed by atoms with E-state index < -0.39 is 0 Å². The number of nitrogens with one attached hydrogen (secondary N) is 1. The van der Waals surface area contributed by atoms with Crippen molar-refractivity contribution in [2.75, 3.05) is 19.7 Å². The first-order valence-corrected chi connectivity index (χ1v) is 12.0. The summed E-state index contributed by atoms with van der Waals surface area (Å²) in [6.45, 7) is 7.26. The fraction of sp³-hybridized carbons (Fsp3) is 0.345. The van der Waals surface area contributed by atoms with Crippen molar-refractivity contribution in [3.63, 3.8) is 0 Å². The summed E-state index contributed by atoms with van der Waals surface area (Å²) in [6.07, 6.45) is 2.75. The van der Waals surface area contributed by atoms with E-state index >= 15 is 0 Å². The van der Waals surface area contributed by atoms with Crippen molar-refractivity contribution in [2.45, 2.75) is 45.3 Å². The van der Waals surface area contributed by atoms with E-state index in [0.29, 0.717) is 19.6 Å². The molecule has 0 aromatic heterocycles. The largest absolute Gasteiger partial charge is 0.492 e. The van der Waals surface area contributed by atoms with E-state index in [1.54, 1.807) is 0 Å². The number of carbonyl (C=O) groups excluding carboxylic acids is 1. The van der Waals surface area contributed by atoms with Crippen LogP contribution < -0.4 is 19.5 Å². The number of aldehydes is 1. The van der Waals surface area contributed by atoms with Crippen LogP contribution >= 0.6 is 0 Å². The molecule has 0 amide bonds. The van der Waals surface area contributed by atoms with Gasteiger partial charge in [-0.1, -0.05) is 24.3 Å². The van der Waals surface area contributed by atoms with Crippen molar-refractivity contribution in [2.24, 2.45) is 0 Å². The van der Waals surface area contributed by atoms with Gasteiger partial charge in [0, 0.05) is 30.5 Å². The van der Waals surface area contributed by atoms with Gasteiger partial charge in [-0.25, -0.2) is 0 Å². The normalized spacial score (nSPS) is 18.9. The number of hydrogen-bond acceptors (Lipinski definition) is 5. The van der Waals surface area contributed by atoms with Gasteiger partial charge in [0.1, 0.15) is 36.2 Å². The Balaban J connectivity index is 1.29. The fourth-order valence-electron chi connectivity index (χ4n) is 5.01. The summed E-state index contributed by atoms with van der Waals surface area (Å²) >= 11 is 0. The Hall–Kier alpha value is -3.31. The molecule has 5 rings (SSSR count). The molecule has 0 aliphatic carbocycles. The van der Waals surface area contributed by atoms with Gasteiger partial charge in [0.05, 0.1) is 6.61 Å². The molecule has 0 bridgehead atoms. The molecule has 3 aromatic rings. The Bertz CT molecular complexity index is 1160. The van der Waals surface area contributed by atoms with Crippen LogP contribution in [0.1, 0.15) is 41.0 Å². The lowest BCUT2D eigenvalue weighted by Gasteiger charge is -2.17. The molecule has 0 radical (unpaired) electrons. The van der Waals surface area contributed by atoms with Crippen LogP contribution in [0.2, 0.25) is 0 Å². The van der Waals surface area contributed by atoms with Crippen molar-refractivity contribution in [1.82, 2.24) is 5.32 Å². The van der Waals surface area contributed by atoms with E-state index in [4.69, 9.17) is 14.2 Å². The van der Waals surface area contributed by atoms with Crippen LogP contribution in [0, 0.1) is 13.8 Å². The number of carbonyl (C=O) groups is 1. The van der Waals surface area contributed by atoms with E-state index in [-0.39, 0.29) is 12.0 Å². The van der Waals surface area contributed by atoms with E-state index in [0.717, 1.165) is 54.2 Å². The van der Waals surface area contributed by atoms with Crippen molar-refractivity contribution in [3.8, 4) is 28.4 Å². The number of benzene rings is 3. The lowest BCUT2D eigenvalue weighted by atomic mass is 9.94. The topological polar surface area (TPSA) is 56.8 Å². The van der Waals surface area contributed by atoms with E-state index in [1.165, 1.54) is 22.3 Å². The van der Waals surface area contributed by atoms with Crippen LogP contribution in [-0.4, -0.2) is 32.1 Å². The maximum absolute atomic E-state index is 10.9. The predicted octanol–water partition coefficient (Wildman–Crippen LogP) is 5.36. The SMILES string of the molecule is Cc1cc(OC2CCNC2)cc(C)c1-c1cccc(COc2ccc3c(c2)OCC3CC=O)c1. The zero-order chi connectivity index (χ0) is 23.5. The Kier molecular flexibility index (Phi) is 6.54. The summed E-state index contributed by atoms with van der Waals surface area (Å²) in [5.41, 5.74) is 7.03. The maximum Gasteiger partial charge on any atom is 0.126 e. The average molecular weight is 458 g/mol. The molecule has 5 nitrogen and oxygen atoms in total. The minimum atomic E-state index is 0.149. The first-order chi connectivity index (χ1) is 16.6. The highest BCUT2D eigenvalue weighted by Gasteiger charge is 2.24. The first kappa shape index (κ1) is 22.5. The van der Waals surface area contributed by atoms with Gasteiger partial charge < -0.3 is 24.3 Å². The summed E-state index contributed by atoms with van der Waals surface area (Å²) in [7, 11) is 0. The standard InChI is InChI=1S/C29H31NO4/c1-19-12-26(34-25-8-10-30-16-25)13-20(2)29(19)22-5-3-4-21(14-22)17-32-24-6-7-27-23(9-11-31)18-33-28(27)15-24/h3-7,11-15,23,25,30H,8-10,16-18H2,1-2H3. The molecule has 2 unspecified atom stereocenters. The molecule has 2 heterocycles. The van der Waals surface area contributed by atoms with Gasteiger partial charge >= 0.3 is 0 Å². The highest BCUT2D eigenvalue weighted by molar-refractivity contribution is 5.72. The van der Waals surface area contributed by atoms with Gasteiger partial charge in [0.2, 0.25) is 0 Å². The highest BCUT2D eigenvalue weighted by Crippen LogP contribution is 2.38. The highest BCUT2D eigenvalue weighted by atomic mass is 16.5. The summed E-state index contributed by atoms with van der Waals surface area (Å²) in [6, 6.07) is 18.7. The molecule has 3 aromatic carbocycles. The second-order valence-corrected chi connectivity index (χ2v) is 9.26. The van der Waals surface area contributed by atoms with Crippen LogP contribution in [0.15, 0.2) is 54.6 Å². The molecule has 1 saturated heterocycles. The zero-order valence-electron chi connectivity index (χ0n) is 19.8. The fourth-order valence-corrected chi connectivity index (χ4v) is 5.01. The molecule has 0 saturated carbocycles. The Morgan fingerprint density at radius 1 is 1.06 bits per heavy atom. The number of ether oxygens (including phenoxy) is 3. The third-order valence-electron chi connectivity index (χ3n) is 6.69. The summed E-state index contributed by atoms with van der Waals surface area (Å²) in [5, 5.41) is 3.35. The Morgan fingerprint density at radius 2 is 1.91 bits per heavy atom. The van der Waals surface area contributed by atoms with Crippen LogP contribution in [0.4, 0.5) is 0 Å². The van der Waals surface area contributed by atoms with Crippen molar-refractivity contribution >= 4 is 6.29 Å². The molecule has 2 aliphatic rings. The lowest BCUT2D eigenvalue weighted by molar-refractivity contribution is -0.108. The molecule has 1 fully saturated rings. The molecule has 5 heteroatoms. The van der Waals surface area contributed by atoms with E-state index in [9.17, 15) is 4.79 Å². The predicted molar refractivity (Wildman–Crippen MR) is 133 cm³/mol. The van der Waals surface area contributed by atoms with Crippen molar-refractivity contribution in [1.29, 1.82) is 0 Å². The van der Waals surface area contributed by atoms with Crippen LogP contribution in [0.25, 0.3) is 11.1 Å². The monoisotopic (exact) mass is 457 g/mol. The van der Waals surface area contributed by atoms with E-state index in [2.05, 4.69) is 55.6 Å². The van der Waals surface area contributed by atoms with Gasteiger partial charge in [-0.2, -0.15) is 0 Å². The number of fused-ring (bicyclic) bond motifs is 1. The Morgan fingerprint density at radius 3 is 2.68 bits per heavy atom. The molecule has 34 heavy (non-hydrogen) atoms.